The number of benzene rings is 3. The summed E-state index contributed by atoms with van der Waals surface area (Å²) >= 11 is 1.24. The topological polar surface area (TPSA) is 49.4 Å². The van der Waals surface area contributed by atoms with Crippen molar-refractivity contribution in [1.82, 2.24) is 10.2 Å². The largest absolute Gasteiger partial charge is 0.292 e. The third-order valence-corrected chi connectivity index (χ3v) is 7.30. The summed E-state index contributed by atoms with van der Waals surface area (Å²) in [5, 5.41) is 3.46. The Labute approximate surface area is 192 Å². The van der Waals surface area contributed by atoms with Gasteiger partial charge in [-0.15, -0.1) is 0 Å². The van der Waals surface area contributed by atoms with Crippen molar-refractivity contribution in [3.8, 4) is 0 Å². The first-order valence-electron chi connectivity index (χ1n) is 10.7. The standard InChI is InChI=1S/C27H24N2O2S/c1-18(2)23-26(31)32-25-22(24(30)29(23)25)28-27(19-12-6-3-7-13-19,20-14-8-4-9-15-20)21-16-10-5-11-17-21/h3-17,22,25,28H,1-2H3/t22-,25-/m1/s1. The maximum atomic E-state index is 13.3. The molecule has 0 aromatic heterocycles. The summed E-state index contributed by atoms with van der Waals surface area (Å²) in [5.74, 6) is -0.0586. The molecule has 160 valence electrons. The van der Waals surface area contributed by atoms with Crippen LogP contribution in [0.25, 0.3) is 0 Å². The molecule has 2 saturated heterocycles. The number of fused-ring (bicyclic) bond motifs is 1. The summed E-state index contributed by atoms with van der Waals surface area (Å²) in [7, 11) is 0. The van der Waals surface area contributed by atoms with E-state index >= 15 is 0 Å². The van der Waals surface area contributed by atoms with Crippen LogP contribution in [0.2, 0.25) is 0 Å². The molecular weight excluding hydrogens is 416 g/mol. The smallest absolute Gasteiger partial charge is 0.248 e. The molecule has 0 aliphatic carbocycles. The highest BCUT2D eigenvalue weighted by molar-refractivity contribution is 8.15. The predicted molar refractivity (Wildman–Crippen MR) is 128 cm³/mol. The molecule has 2 aliphatic rings. The Bertz CT molecular complexity index is 1090. The summed E-state index contributed by atoms with van der Waals surface area (Å²) in [6.45, 7) is 3.76. The number of carbonyl (C=O) groups excluding carboxylic acids is 2. The van der Waals surface area contributed by atoms with E-state index in [1.54, 1.807) is 4.90 Å². The van der Waals surface area contributed by atoms with Crippen molar-refractivity contribution in [2.75, 3.05) is 0 Å². The predicted octanol–water partition coefficient (Wildman–Crippen LogP) is 4.67. The Morgan fingerprint density at radius 3 is 1.62 bits per heavy atom. The van der Waals surface area contributed by atoms with Gasteiger partial charge in [0.15, 0.2) is 0 Å². The Morgan fingerprint density at radius 1 is 0.781 bits per heavy atom. The zero-order valence-corrected chi connectivity index (χ0v) is 18.8. The molecule has 0 saturated carbocycles. The highest BCUT2D eigenvalue weighted by Crippen LogP contribution is 2.47. The van der Waals surface area contributed by atoms with Crippen LogP contribution in [-0.2, 0) is 15.1 Å². The molecule has 0 bridgehead atoms. The van der Waals surface area contributed by atoms with Gasteiger partial charge in [-0.05, 0) is 36.1 Å². The number of amides is 1. The van der Waals surface area contributed by atoms with E-state index in [4.69, 9.17) is 0 Å². The van der Waals surface area contributed by atoms with Crippen LogP contribution in [0.3, 0.4) is 0 Å². The third kappa shape index (κ3) is 3.12. The molecule has 3 aromatic carbocycles. The van der Waals surface area contributed by atoms with Crippen LogP contribution in [0.15, 0.2) is 102 Å². The van der Waals surface area contributed by atoms with Gasteiger partial charge in [-0.3, -0.25) is 19.8 Å². The van der Waals surface area contributed by atoms with E-state index in [-0.39, 0.29) is 16.4 Å². The molecule has 2 fully saturated rings. The van der Waals surface area contributed by atoms with Crippen molar-refractivity contribution in [2.24, 2.45) is 0 Å². The molecule has 0 radical (unpaired) electrons. The lowest BCUT2D eigenvalue weighted by molar-refractivity contribution is -0.143. The third-order valence-electron chi connectivity index (χ3n) is 6.17. The average molecular weight is 441 g/mol. The van der Waals surface area contributed by atoms with Gasteiger partial charge in [0.25, 0.3) is 0 Å². The summed E-state index contributed by atoms with van der Waals surface area (Å²) in [6, 6.07) is 30.1. The van der Waals surface area contributed by atoms with Crippen LogP contribution >= 0.6 is 11.8 Å². The van der Waals surface area contributed by atoms with Gasteiger partial charge in [0.2, 0.25) is 11.0 Å². The second-order valence-electron chi connectivity index (χ2n) is 8.32. The zero-order valence-electron chi connectivity index (χ0n) is 18.0. The molecule has 5 heteroatoms. The zero-order chi connectivity index (χ0) is 22.3. The number of nitrogens with one attached hydrogen (secondary N) is 1. The van der Waals surface area contributed by atoms with E-state index < -0.39 is 11.6 Å². The van der Waals surface area contributed by atoms with Gasteiger partial charge >= 0.3 is 0 Å². The van der Waals surface area contributed by atoms with Gasteiger partial charge in [-0.25, -0.2) is 0 Å². The van der Waals surface area contributed by atoms with E-state index in [0.29, 0.717) is 5.70 Å². The Balaban J connectivity index is 1.66. The maximum absolute atomic E-state index is 13.3. The van der Waals surface area contributed by atoms with E-state index in [1.165, 1.54) is 11.8 Å². The minimum atomic E-state index is -0.743. The Hall–Kier alpha value is -3.15. The number of thioether (sulfide) groups is 1. The first-order valence-corrected chi connectivity index (χ1v) is 11.6. The number of allylic oxidation sites excluding steroid dienone is 1. The molecule has 32 heavy (non-hydrogen) atoms. The minimum absolute atomic E-state index is 0.0302. The summed E-state index contributed by atoms with van der Waals surface area (Å²) < 4.78 is 0. The Kier molecular flexibility index (Phi) is 5.24. The summed E-state index contributed by atoms with van der Waals surface area (Å²) in [4.78, 5) is 27.6. The highest BCUT2D eigenvalue weighted by atomic mass is 32.2. The molecule has 2 atom stereocenters. The normalized spacial score (nSPS) is 20.2. The SMILES string of the molecule is CC(C)=C1C(=O)S[C@@H]2[C@H](NC(c3ccccc3)(c3ccccc3)c3ccccc3)C(=O)N12. The van der Waals surface area contributed by atoms with Crippen LogP contribution in [-0.4, -0.2) is 27.3 Å². The van der Waals surface area contributed by atoms with Gasteiger partial charge in [0, 0.05) is 0 Å². The molecule has 1 N–H and O–H groups in total. The molecular formula is C27H24N2O2S. The van der Waals surface area contributed by atoms with Crippen LogP contribution in [0, 0.1) is 0 Å². The number of β-lactam (4-membered cyclic amide) rings is 1. The fourth-order valence-corrected chi connectivity index (χ4v) is 5.98. The fourth-order valence-electron chi connectivity index (χ4n) is 4.71. The molecule has 5 rings (SSSR count). The van der Waals surface area contributed by atoms with E-state index in [0.717, 1.165) is 22.3 Å². The maximum Gasteiger partial charge on any atom is 0.248 e. The lowest BCUT2D eigenvalue weighted by atomic mass is 9.76. The van der Waals surface area contributed by atoms with Crippen LogP contribution in [0.4, 0.5) is 0 Å². The molecule has 2 aliphatic heterocycles. The van der Waals surface area contributed by atoms with Gasteiger partial charge in [-0.1, -0.05) is 103 Å². The summed E-state index contributed by atoms with van der Waals surface area (Å²) in [5.41, 5.74) is 3.79. The second kappa shape index (κ2) is 8.08. The average Bonchev–Trinajstić information content (AvgIpc) is 3.15. The van der Waals surface area contributed by atoms with E-state index in [9.17, 15) is 9.59 Å². The molecule has 0 spiro atoms. The lowest BCUT2D eigenvalue weighted by Gasteiger charge is -2.48. The van der Waals surface area contributed by atoms with Crippen molar-refractivity contribution in [2.45, 2.75) is 30.8 Å². The molecule has 0 unspecified atom stereocenters. The molecule has 3 aromatic rings. The second-order valence-corrected chi connectivity index (χ2v) is 9.41. The number of hydrogen-bond donors (Lipinski definition) is 1. The van der Waals surface area contributed by atoms with Gasteiger partial charge in [0.1, 0.15) is 11.4 Å². The number of hydrogen-bond acceptors (Lipinski definition) is 4. The van der Waals surface area contributed by atoms with Crippen molar-refractivity contribution < 1.29 is 9.59 Å². The van der Waals surface area contributed by atoms with Crippen LogP contribution in [0.5, 0.6) is 0 Å². The first-order chi connectivity index (χ1) is 15.5. The van der Waals surface area contributed by atoms with Crippen LogP contribution < -0.4 is 5.32 Å². The quantitative estimate of drug-likeness (QED) is 0.356. The summed E-state index contributed by atoms with van der Waals surface area (Å²) in [6.07, 6.45) is 0. The monoisotopic (exact) mass is 440 g/mol. The number of rotatable bonds is 5. The van der Waals surface area contributed by atoms with Gasteiger partial charge in [-0.2, -0.15) is 0 Å². The van der Waals surface area contributed by atoms with Crippen molar-refractivity contribution >= 4 is 22.8 Å². The molecule has 4 nitrogen and oxygen atoms in total. The van der Waals surface area contributed by atoms with Gasteiger partial charge < -0.3 is 0 Å². The first kappa shape index (κ1) is 20.7. The van der Waals surface area contributed by atoms with Crippen LogP contribution in [0.1, 0.15) is 30.5 Å². The molecule has 2 heterocycles. The number of carbonyl (C=O) groups is 2. The lowest BCUT2D eigenvalue weighted by Crippen LogP contribution is -2.69. The molecule has 1 amide bonds. The minimum Gasteiger partial charge on any atom is -0.292 e. The van der Waals surface area contributed by atoms with Crippen molar-refractivity contribution in [3.05, 3.63) is 119 Å². The van der Waals surface area contributed by atoms with E-state index in [2.05, 4.69) is 41.7 Å². The van der Waals surface area contributed by atoms with Crippen molar-refractivity contribution in [1.29, 1.82) is 0 Å². The fraction of sp³-hybridized carbons (Fsp3) is 0.185. The van der Waals surface area contributed by atoms with E-state index in [1.807, 2.05) is 68.4 Å². The van der Waals surface area contributed by atoms with Gasteiger partial charge in [0.05, 0.1) is 11.2 Å². The van der Waals surface area contributed by atoms with Crippen molar-refractivity contribution in [3.63, 3.8) is 0 Å². The Morgan fingerprint density at radius 2 is 1.22 bits per heavy atom. The number of nitrogens with zero attached hydrogens (tertiary/aromatic N) is 1. The highest BCUT2D eigenvalue weighted by Gasteiger charge is 2.59.